The maximum atomic E-state index is 9.27. The average molecular weight is 258 g/mol. The van der Waals surface area contributed by atoms with E-state index < -0.39 is 0 Å². The molecule has 0 bridgehead atoms. The summed E-state index contributed by atoms with van der Waals surface area (Å²) in [6, 6.07) is 2.56. The van der Waals surface area contributed by atoms with E-state index in [0.717, 1.165) is 17.3 Å². The molecule has 16 heavy (non-hydrogen) atoms. The predicted molar refractivity (Wildman–Crippen MR) is 67.1 cm³/mol. The number of fused-ring (bicyclic) bond motifs is 1. The van der Waals surface area contributed by atoms with Crippen LogP contribution in [0.4, 0.5) is 0 Å². The van der Waals surface area contributed by atoms with Crippen LogP contribution in [0.5, 0.6) is 0 Å². The Kier molecular flexibility index (Phi) is 2.75. The van der Waals surface area contributed by atoms with Crippen molar-refractivity contribution in [2.45, 2.75) is 31.7 Å². The highest BCUT2D eigenvalue weighted by Crippen LogP contribution is 2.46. The van der Waals surface area contributed by atoms with Gasteiger partial charge in [-0.15, -0.1) is 11.3 Å². The zero-order chi connectivity index (χ0) is 11.2. The van der Waals surface area contributed by atoms with E-state index in [0.29, 0.717) is 12.6 Å². The van der Waals surface area contributed by atoms with Crippen molar-refractivity contribution in [2.24, 2.45) is 5.41 Å². The van der Waals surface area contributed by atoms with E-state index in [1.807, 2.05) is 0 Å². The van der Waals surface area contributed by atoms with Gasteiger partial charge < -0.3 is 10.4 Å². The predicted octanol–water partition coefficient (Wildman–Crippen LogP) is 2.75. The van der Waals surface area contributed by atoms with Crippen LogP contribution in [0.2, 0.25) is 4.34 Å². The van der Waals surface area contributed by atoms with Crippen molar-refractivity contribution >= 4 is 22.9 Å². The standard InChI is InChI=1S/C12H16ClNOS/c13-11-5-8-9(1-2-10(8)16-11)14-6-12(7-15)3-4-12/h5,9,14-15H,1-4,6-7H2. The van der Waals surface area contributed by atoms with Crippen molar-refractivity contribution in [2.75, 3.05) is 13.2 Å². The molecule has 1 heterocycles. The van der Waals surface area contributed by atoms with E-state index in [1.165, 1.54) is 29.7 Å². The molecule has 0 aliphatic heterocycles. The highest BCUT2D eigenvalue weighted by Gasteiger charge is 2.42. The Bertz CT molecular complexity index is 400. The Labute approximate surface area is 105 Å². The third kappa shape index (κ3) is 1.90. The van der Waals surface area contributed by atoms with E-state index >= 15 is 0 Å². The molecule has 0 aromatic carbocycles. The van der Waals surface area contributed by atoms with Crippen LogP contribution in [0.3, 0.4) is 0 Å². The minimum absolute atomic E-state index is 0.197. The van der Waals surface area contributed by atoms with Gasteiger partial charge in [0, 0.05) is 29.5 Å². The van der Waals surface area contributed by atoms with E-state index in [-0.39, 0.29) is 5.41 Å². The summed E-state index contributed by atoms with van der Waals surface area (Å²) in [5, 5.41) is 12.9. The van der Waals surface area contributed by atoms with Crippen molar-refractivity contribution in [1.82, 2.24) is 5.32 Å². The number of rotatable bonds is 4. The Hall–Kier alpha value is -0.0900. The van der Waals surface area contributed by atoms with Gasteiger partial charge >= 0.3 is 0 Å². The van der Waals surface area contributed by atoms with E-state index in [9.17, 15) is 5.11 Å². The van der Waals surface area contributed by atoms with Gasteiger partial charge in [-0.1, -0.05) is 11.6 Å². The summed E-state index contributed by atoms with van der Waals surface area (Å²) in [6.45, 7) is 1.27. The number of aryl methyl sites for hydroxylation is 1. The van der Waals surface area contributed by atoms with Gasteiger partial charge in [0.2, 0.25) is 0 Å². The summed E-state index contributed by atoms with van der Waals surface area (Å²) >= 11 is 7.74. The topological polar surface area (TPSA) is 32.3 Å². The van der Waals surface area contributed by atoms with Crippen molar-refractivity contribution < 1.29 is 5.11 Å². The second-order valence-electron chi connectivity index (χ2n) is 5.06. The average Bonchev–Trinajstić information content (AvgIpc) is 2.84. The quantitative estimate of drug-likeness (QED) is 0.869. The lowest BCUT2D eigenvalue weighted by atomic mass is 10.1. The second kappa shape index (κ2) is 3.98. The molecule has 1 aromatic rings. The molecule has 2 nitrogen and oxygen atoms in total. The normalized spacial score (nSPS) is 25.8. The number of halogens is 1. The fourth-order valence-electron chi connectivity index (χ4n) is 2.45. The molecule has 4 heteroatoms. The number of aliphatic hydroxyl groups is 1. The van der Waals surface area contributed by atoms with Crippen LogP contribution in [0.15, 0.2) is 6.07 Å². The van der Waals surface area contributed by atoms with Crippen LogP contribution in [0.1, 0.15) is 35.7 Å². The first-order valence-corrected chi connectivity index (χ1v) is 7.04. The van der Waals surface area contributed by atoms with Crippen LogP contribution in [0.25, 0.3) is 0 Å². The first-order valence-electron chi connectivity index (χ1n) is 5.85. The van der Waals surface area contributed by atoms with E-state index in [4.69, 9.17) is 11.6 Å². The highest BCUT2D eigenvalue weighted by molar-refractivity contribution is 7.16. The molecule has 1 fully saturated rings. The molecule has 0 radical (unpaired) electrons. The number of hydrogen-bond donors (Lipinski definition) is 2. The van der Waals surface area contributed by atoms with Gasteiger partial charge in [-0.2, -0.15) is 0 Å². The molecule has 2 aliphatic carbocycles. The van der Waals surface area contributed by atoms with Gasteiger partial charge in [-0.3, -0.25) is 0 Å². The van der Waals surface area contributed by atoms with Crippen molar-refractivity contribution in [3.63, 3.8) is 0 Å². The summed E-state index contributed by atoms with van der Waals surface area (Å²) in [4.78, 5) is 1.44. The van der Waals surface area contributed by atoms with Crippen molar-refractivity contribution in [3.05, 3.63) is 20.8 Å². The maximum absolute atomic E-state index is 9.27. The van der Waals surface area contributed by atoms with E-state index in [2.05, 4.69) is 11.4 Å². The molecule has 88 valence electrons. The van der Waals surface area contributed by atoms with Crippen LogP contribution < -0.4 is 5.32 Å². The summed E-state index contributed by atoms with van der Waals surface area (Å²) in [5.74, 6) is 0. The molecule has 0 spiro atoms. The van der Waals surface area contributed by atoms with Gasteiger partial charge in [0.05, 0.1) is 4.34 Å². The smallest absolute Gasteiger partial charge is 0.0934 e. The summed E-state index contributed by atoms with van der Waals surface area (Å²) in [5.41, 5.74) is 1.59. The van der Waals surface area contributed by atoms with Crippen molar-refractivity contribution in [3.8, 4) is 0 Å². The molecule has 1 atom stereocenters. The Morgan fingerprint density at radius 2 is 2.38 bits per heavy atom. The highest BCUT2D eigenvalue weighted by atomic mass is 35.5. The second-order valence-corrected chi connectivity index (χ2v) is 6.83. The van der Waals surface area contributed by atoms with Crippen LogP contribution in [-0.4, -0.2) is 18.3 Å². The van der Waals surface area contributed by atoms with Crippen LogP contribution in [-0.2, 0) is 6.42 Å². The van der Waals surface area contributed by atoms with Gasteiger partial charge in [0.15, 0.2) is 0 Å². The van der Waals surface area contributed by atoms with Crippen molar-refractivity contribution in [1.29, 1.82) is 0 Å². The zero-order valence-corrected chi connectivity index (χ0v) is 10.7. The third-order valence-electron chi connectivity index (χ3n) is 3.86. The summed E-state index contributed by atoms with van der Waals surface area (Å²) in [6.07, 6.45) is 4.66. The Morgan fingerprint density at radius 3 is 3.06 bits per heavy atom. The third-order valence-corrected chi connectivity index (χ3v) is 5.20. The van der Waals surface area contributed by atoms with Crippen LogP contribution >= 0.6 is 22.9 Å². The first-order chi connectivity index (χ1) is 7.72. The fourth-order valence-corrected chi connectivity index (χ4v) is 3.81. The van der Waals surface area contributed by atoms with Gasteiger partial charge in [-0.05, 0) is 37.3 Å². The molecule has 1 aromatic heterocycles. The zero-order valence-electron chi connectivity index (χ0n) is 9.13. The summed E-state index contributed by atoms with van der Waals surface area (Å²) in [7, 11) is 0. The monoisotopic (exact) mass is 257 g/mol. The lowest BCUT2D eigenvalue weighted by molar-refractivity contribution is 0.204. The lowest BCUT2D eigenvalue weighted by Crippen LogP contribution is -2.29. The summed E-state index contributed by atoms with van der Waals surface area (Å²) < 4.78 is 0.903. The molecule has 0 amide bonds. The molecule has 0 saturated heterocycles. The SMILES string of the molecule is OCC1(CNC2CCc3sc(Cl)cc32)CC1. The number of nitrogens with one attached hydrogen (secondary N) is 1. The number of aliphatic hydroxyl groups excluding tert-OH is 1. The molecule has 1 saturated carbocycles. The molecular weight excluding hydrogens is 242 g/mol. The minimum Gasteiger partial charge on any atom is -0.396 e. The minimum atomic E-state index is 0.197. The first kappa shape index (κ1) is 11.0. The van der Waals surface area contributed by atoms with Gasteiger partial charge in [-0.25, -0.2) is 0 Å². The molecule has 2 N–H and O–H groups in total. The molecule has 3 rings (SSSR count). The fraction of sp³-hybridized carbons (Fsp3) is 0.667. The number of thiophene rings is 1. The van der Waals surface area contributed by atoms with E-state index in [1.54, 1.807) is 11.3 Å². The molecule has 1 unspecified atom stereocenters. The maximum Gasteiger partial charge on any atom is 0.0934 e. The molecule has 2 aliphatic rings. The number of hydrogen-bond acceptors (Lipinski definition) is 3. The van der Waals surface area contributed by atoms with Crippen LogP contribution in [0, 0.1) is 5.41 Å². The lowest BCUT2D eigenvalue weighted by Gasteiger charge is -2.17. The van der Waals surface area contributed by atoms with Gasteiger partial charge in [0.25, 0.3) is 0 Å². The largest absolute Gasteiger partial charge is 0.396 e. The Balaban J connectivity index is 1.64. The molecular formula is C12H16ClNOS. The Morgan fingerprint density at radius 1 is 1.56 bits per heavy atom. The van der Waals surface area contributed by atoms with Gasteiger partial charge in [0.1, 0.15) is 0 Å².